The lowest BCUT2D eigenvalue weighted by molar-refractivity contribution is -0.144. The SMILES string of the molecule is CC(C)C[C@H](NC(=O)[C@@H](NC1CC(=O)c2ccccc2C1=O)C(C)C)C(=O)N[C@@H](CO)C(=O)N1CCC[C@H]1C(=O)N[C@@H](C)C(=O)N[C@@H](CC(=O)O)C(=O)N[C@@H](CCCCN)C(=O)O. The number of hydrogen-bond donors (Lipinski definition) is 10. The molecular weight excluding hydrogens is 825 g/mol. The predicted octanol–water partition coefficient (Wildman–Crippen LogP) is -1.40. The van der Waals surface area contributed by atoms with E-state index in [-0.39, 0.29) is 55.3 Å². The van der Waals surface area contributed by atoms with Crippen molar-refractivity contribution in [2.75, 3.05) is 19.7 Å². The Kier molecular flexibility index (Phi) is 19.8. The van der Waals surface area contributed by atoms with E-state index >= 15 is 0 Å². The molecule has 1 aliphatic heterocycles. The van der Waals surface area contributed by atoms with Crippen LogP contribution in [0.1, 0.15) is 107 Å². The number of nitrogens with two attached hydrogens (primary N) is 1. The number of rotatable bonds is 24. The van der Waals surface area contributed by atoms with Gasteiger partial charge in [-0.15, -0.1) is 0 Å². The Morgan fingerprint density at radius 3 is 1.97 bits per heavy atom. The maximum absolute atomic E-state index is 13.8. The average molecular weight is 887 g/mol. The number of carboxylic acid groups (broad SMARTS) is 2. The molecule has 11 N–H and O–H groups in total. The number of ketones is 2. The molecule has 1 fully saturated rings. The number of amides is 6. The van der Waals surface area contributed by atoms with E-state index in [0.29, 0.717) is 31.4 Å². The van der Waals surface area contributed by atoms with E-state index in [9.17, 15) is 63.3 Å². The first kappa shape index (κ1) is 51.5. The number of aliphatic carboxylic acids is 2. The lowest BCUT2D eigenvalue weighted by Crippen LogP contribution is -2.61. The molecule has 63 heavy (non-hydrogen) atoms. The number of nitrogens with zero attached hydrogens (tertiary/aromatic N) is 1. The molecule has 0 saturated carbocycles. The third kappa shape index (κ3) is 14.6. The molecule has 0 bridgehead atoms. The summed E-state index contributed by atoms with van der Waals surface area (Å²) in [4.78, 5) is 131. The number of carbonyl (C=O) groups excluding carboxylic acids is 8. The molecule has 6 amide bonds. The Labute approximate surface area is 365 Å². The van der Waals surface area contributed by atoms with Crippen LogP contribution in [0.3, 0.4) is 0 Å². The van der Waals surface area contributed by atoms with Crippen LogP contribution in [0.4, 0.5) is 0 Å². The highest BCUT2D eigenvalue weighted by Gasteiger charge is 2.41. The van der Waals surface area contributed by atoms with Crippen LogP contribution in [0.5, 0.6) is 0 Å². The standard InChI is InChI=1S/C42H62N8O13/c1-21(2)17-28(48-40(60)34(22(3)4)45-27-18-32(52)24-11-6-7-12-25(24)35(27)55)37(57)49-30(20-51)41(61)50-16-10-14-31(50)39(59)44-23(5)36(56)47-29(19-33(53)54)38(58)46-26(42(62)63)13-8-9-15-43/h6-7,11-12,21-23,26-31,34,45,51H,8-10,13-20,43H2,1-5H3,(H,44,59)(H,46,58)(H,47,56)(H,48,60)(H,49,57)(H,53,54)(H,62,63)/t23-,26-,27?,28-,29-,30-,31-,34-/m0/s1. The topological polar surface area (TPSA) is 333 Å². The van der Waals surface area contributed by atoms with Crippen LogP contribution in [0.2, 0.25) is 0 Å². The molecule has 0 aromatic heterocycles. The maximum Gasteiger partial charge on any atom is 0.326 e. The maximum atomic E-state index is 13.8. The second kappa shape index (κ2) is 24.2. The summed E-state index contributed by atoms with van der Waals surface area (Å²) in [5, 5.41) is 44.3. The van der Waals surface area contributed by atoms with Gasteiger partial charge in [0.2, 0.25) is 35.4 Å². The van der Waals surface area contributed by atoms with Crippen molar-refractivity contribution >= 4 is 58.9 Å². The largest absolute Gasteiger partial charge is 0.481 e. The number of nitrogens with one attached hydrogen (secondary N) is 6. The number of aliphatic hydroxyl groups is 1. The number of carbonyl (C=O) groups is 10. The fourth-order valence-corrected chi connectivity index (χ4v) is 7.44. The molecule has 1 heterocycles. The summed E-state index contributed by atoms with van der Waals surface area (Å²) in [5.41, 5.74) is 6.00. The lowest BCUT2D eigenvalue weighted by Gasteiger charge is -2.32. The molecule has 1 unspecified atom stereocenters. The molecule has 1 aromatic carbocycles. The van der Waals surface area contributed by atoms with Crippen LogP contribution >= 0.6 is 0 Å². The van der Waals surface area contributed by atoms with E-state index < -0.39 is 115 Å². The summed E-state index contributed by atoms with van der Waals surface area (Å²) in [5.74, 6) is -9.09. The number of benzene rings is 1. The van der Waals surface area contributed by atoms with Crippen LogP contribution in [-0.4, -0.2) is 147 Å². The van der Waals surface area contributed by atoms with Crippen LogP contribution in [0.25, 0.3) is 0 Å². The van der Waals surface area contributed by atoms with Gasteiger partial charge in [-0.2, -0.15) is 0 Å². The van der Waals surface area contributed by atoms with Gasteiger partial charge in [0.25, 0.3) is 0 Å². The number of hydrogen-bond acceptors (Lipinski definition) is 13. The Morgan fingerprint density at radius 1 is 0.778 bits per heavy atom. The molecule has 348 valence electrons. The summed E-state index contributed by atoms with van der Waals surface area (Å²) in [7, 11) is 0. The van der Waals surface area contributed by atoms with Crippen molar-refractivity contribution in [3.8, 4) is 0 Å². The molecule has 0 spiro atoms. The van der Waals surface area contributed by atoms with Gasteiger partial charge < -0.3 is 52.5 Å². The Hall–Kier alpha value is -5.80. The number of carboxylic acids is 2. The second-order valence-corrected chi connectivity index (χ2v) is 16.7. The third-order valence-corrected chi connectivity index (χ3v) is 10.8. The number of unbranched alkanes of at least 4 members (excludes halogenated alkanes) is 1. The molecule has 1 saturated heterocycles. The van der Waals surface area contributed by atoms with Crippen LogP contribution in [0.15, 0.2) is 24.3 Å². The monoisotopic (exact) mass is 886 g/mol. The normalized spacial score (nSPS) is 18.9. The quantitative estimate of drug-likeness (QED) is 0.0534. The highest BCUT2D eigenvalue weighted by Crippen LogP contribution is 2.23. The Bertz CT molecular complexity index is 1870. The predicted molar refractivity (Wildman–Crippen MR) is 225 cm³/mol. The van der Waals surface area contributed by atoms with E-state index in [1.54, 1.807) is 52.0 Å². The Balaban J connectivity index is 1.67. The first-order valence-corrected chi connectivity index (χ1v) is 21.2. The summed E-state index contributed by atoms with van der Waals surface area (Å²) in [6, 6.07) is -3.95. The van der Waals surface area contributed by atoms with Gasteiger partial charge in [0.05, 0.1) is 25.1 Å². The zero-order valence-corrected chi connectivity index (χ0v) is 36.3. The van der Waals surface area contributed by atoms with Gasteiger partial charge in [-0.1, -0.05) is 52.0 Å². The molecule has 3 rings (SSSR count). The van der Waals surface area contributed by atoms with Gasteiger partial charge in [-0.25, -0.2) is 4.79 Å². The van der Waals surface area contributed by atoms with E-state index in [2.05, 4.69) is 31.9 Å². The number of Topliss-reactive ketones (excluding diaryl/α,β-unsaturated/α-hetero) is 2. The van der Waals surface area contributed by atoms with Crippen molar-refractivity contribution in [2.45, 2.75) is 134 Å². The molecule has 21 heteroatoms. The van der Waals surface area contributed by atoms with Crippen molar-refractivity contribution in [2.24, 2.45) is 17.6 Å². The van der Waals surface area contributed by atoms with Gasteiger partial charge in [-0.3, -0.25) is 48.5 Å². The molecule has 1 aromatic rings. The lowest BCUT2D eigenvalue weighted by atomic mass is 9.85. The van der Waals surface area contributed by atoms with E-state index in [1.807, 2.05) is 0 Å². The summed E-state index contributed by atoms with van der Waals surface area (Å²) in [6.45, 7) is 7.78. The third-order valence-electron chi connectivity index (χ3n) is 10.8. The van der Waals surface area contributed by atoms with E-state index in [0.717, 1.165) is 4.90 Å². The van der Waals surface area contributed by atoms with E-state index in [4.69, 9.17) is 5.73 Å². The molecule has 0 radical (unpaired) electrons. The molecular formula is C42H62N8O13. The fourth-order valence-electron chi connectivity index (χ4n) is 7.44. The number of aliphatic hydroxyl groups excluding tert-OH is 1. The average Bonchev–Trinajstić information content (AvgIpc) is 3.72. The molecule has 2 aliphatic rings. The molecule has 1 aliphatic carbocycles. The zero-order valence-electron chi connectivity index (χ0n) is 36.3. The minimum atomic E-state index is -1.70. The summed E-state index contributed by atoms with van der Waals surface area (Å²) >= 11 is 0. The zero-order chi connectivity index (χ0) is 47.1. The Morgan fingerprint density at radius 2 is 1.38 bits per heavy atom. The summed E-state index contributed by atoms with van der Waals surface area (Å²) in [6.07, 6.45) is 0.374. The van der Waals surface area contributed by atoms with Crippen LogP contribution in [-0.2, 0) is 38.4 Å². The van der Waals surface area contributed by atoms with Crippen molar-refractivity contribution in [3.63, 3.8) is 0 Å². The van der Waals surface area contributed by atoms with Crippen molar-refractivity contribution < 1.29 is 63.3 Å². The van der Waals surface area contributed by atoms with Gasteiger partial charge in [0.1, 0.15) is 36.3 Å². The van der Waals surface area contributed by atoms with Gasteiger partial charge in [0.15, 0.2) is 11.6 Å². The van der Waals surface area contributed by atoms with Crippen LogP contribution < -0.4 is 37.6 Å². The van der Waals surface area contributed by atoms with E-state index in [1.165, 1.54) is 6.92 Å². The van der Waals surface area contributed by atoms with Crippen molar-refractivity contribution in [3.05, 3.63) is 35.4 Å². The number of fused-ring (bicyclic) bond motifs is 1. The first-order valence-electron chi connectivity index (χ1n) is 21.2. The highest BCUT2D eigenvalue weighted by molar-refractivity contribution is 6.16. The van der Waals surface area contributed by atoms with Gasteiger partial charge >= 0.3 is 11.9 Å². The fraction of sp³-hybridized carbons (Fsp3) is 0.619. The van der Waals surface area contributed by atoms with Crippen LogP contribution in [0, 0.1) is 11.8 Å². The minimum Gasteiger partial charge on any atom is -0.481 e. The van der Waals surface area contributed by atoms with Gasteiger partial charge in [0, 0.05) is 24.1 Å². The smallest absolute Gasteiger partial charge is 0.326 e. The second-order valence-electron chi connectivity index (χ2n) is 16.7. The highest BCUT2D eigenvalue weighted by atomic mass is 16.4. The minimum absolute atomic E-state index is 0.00706. The number of likely N-dealkylation sites (tertiary alicyclic amines) is 1. The summed E-state index contributed by atoms with van der Waals surface area (Å²) < 4.78 is 0. The van der Waals surface area contributed by atoms with Crippen molar-refractivity contribution in [1.29, 1.82) is 0 Å². The van der Waals surface area contributed by atoms with Gasteiger partial charge in [-0.05, 0) is 63.8 Å². The van der Waals surface area contributed by atoms with Crippen molar-refractivity contribution in [1.82, 2.24) is 36.8 Å². The molecule has 8 atom stereocenters. The molecule has 21 nitrogen and oxygen atoms in total. The first-order chi connectivity index (χ1) is 29.7.